The molecule has 278 valence electrons. The molecule has 0 bridgehead atoms. The average Bonchev–Trinajstić information content (AvgIpc) is 3.12. The first-order chi connectivity index (χ1) is 26.2. The summed E-state index contributed by atoms with van der Waals surface area (Å²) in [6.07, 6.45) is 4.99. The Morgan fingerprint density at radius 1 is 0.455 bits per heavy atom. The van der Waals surface area contributed by atoms with Crippen molar-refractivity contribution in [1.29, 1.82) is 0 Å². The normalized spacial score (nSPS) is 19.3. The highest BCUT2D eigenvalue weighted by Gasteiger charge is 2.69. The molecule has 4 heteroatoms. The Kier molecular flexibility index (Phi) is 8.61. The second-order valence-electron chi connectivity index (χ2n) is 17.7. The van der Waals surface area contributed by atoms with Gasteiger partial charge in [-0.1, -0.05) is 94.6 Å². The van der Waals surface area contributed by atoms with Crippen LogP contribution in [0.3, 0.4) is 0 Å². The first-order valence-corrected chi connectivity index (χ1v) is 21.4. The molecule has 0 N–H and O–H groups in total. The summed E-state index contributed by atoms with van der Waals surface area (Å²) in [6, 6.07) is 41.9. The summed E-state index contributed by atoms with van der Waals surface area (Å²) < 4.78 is 2.18. The quantitative estimate of drug-likeness (QED) is 0.165. The number of aryl methyl sites for hydroxylation is 5. The maximum Gasteiger partial charge on any atom is 0.0520 e. The molecule has 0 spiro atoms. The summed E-state index contributed by atoms with van der Waals surface area (Å²) in [6.45, 7) is 18.2. The van der Waals surface area contributed by atoms with Gasteiger partial charge in [-0.05, 0) is 189 Å². The highest BCUT2D eigenvalue weighted by Crippen LogP contribution is 2.75. The molecule has 3 aliphatic rings. The molecule has 0 amide bonds. The van der Waals surface area contributed by atoms with Crippen molar-refractivity contribution in [3.8, 4) is 11.1 Å². The van der Waals surface area contributed by atoms with E-state index in [2.05, 4.69) is 206 Å². The zero-order chi connectivity index (χ0) is 38.6. The molecule has 0 unspecified atom stereocenters. The lowest BCUT2D eigenvalue weighted by Crippen LogP contribution is -2.67. The Hall–Kier alpha value is -4.12. The predicted octanol–water partition coefficient (Wildman–Crippen LogP) is 15.7. The van der Waals surface area contributed by atoms with Gasteiger partial charge in [0.2, 0.25) is 0 Å². The average molecular weight is 851 g/mol. The van der Waals surface area contributed by atoms with Gasteiger partial charge in [-0.25, -0.2) is 0 Å². The number of rotatable bonds is 6. The van der Waals surface area contributed by atoms with E-state index >= 15 is 0 Å². The third-order valence-corrected chi connectivity index (χ3v) is 14.4. The molecule has 2 saturated carbocycles. The lowest BCUT2D eigenvalue weighted by Gasteiger charge is -2.71. The van der Waals surface area contributed by atoms with Crippen LogP contribution < -0.4 is 9.80 Å². The number of hydrogen-bond donors (Lipinski definition) is 0. The number of anilines is 6. The molecular formula is C51H50Br2N2. The summed E-state index contributed by atoms with van der Waals surface area (Å²) in [5.41, 5.74) is 21.6. The van der Waals surface area contributed by atoms with Crippen LogP contribution in [-0.4, -0.2) is 0 Å². The minimum atomic E-state index is 0.0829. The van der Waals surface area contributed by atoms with Crippen LogP contribution in [0.5, 0.6) is 0 Å². The summed E-state index contributed by atoms with van der Waals surface area (Å²) in [5, 5.41) is 0. The number of halogens is 2. The molecule has 3 aliphatic carbocycles. The molecule has 0 aliphatic heterocycles. The van der Waals surface area contributed by atoms with E-state index in [1.807, 2.05) is 0 Å². The summed E-state index contributed by atoms with van der Waals surface area (Å²) in [5.74, 6) is 0. The third kappa shape index (κ3) is 5.60. The van der Waals surface area contributed by atoms with Crippen LogP contribution in [0.4, 0.5) is 34.1 Å². The molecule has 0 radical (unpaired) electrons. The molecule has 0 atom stereocenters. The van der Waals surface area contributed by atoms with Gasteiger partial charge < -0.3 is 9.80 Å². The first-order valence-electron chi connectivity index (χ1n) is 19.8. The highest BCUT2D eigenvalue weighted by molar-refractivity contribution is 9.10. The van der Waals surface area contributed by atoms with E-state index < -0.39 is 0 Å². The van der Waals surface area contributed by atoms with Crippen molar-refractivity contribution in [3.05, 3.63) is 163 Å². The summed E-state index contributed by atoms with van der Waals surface area (Å²) in [7, 11) is 0. The van der Waals surface area contributed by atoms with Gasteiger partial charge in [-0.2, -0.15) is 0 Å². The summed E-state index contributed by atoms with van der Waals surface area (Å²) in [4.78, 5) is 5.01. The van der Waals surface area contributed by atoms with Gasteiger partial charge in [0.05, 0.1) is 11.4 Å². The van der Waals surface area contributed by atoms with Gasteiger partial charge >= 0.3 is 0 Å². The van der Waals surface area contributed by atoms with E-state index in [1.54, 1.807) is 11.1 Å². The van der Waals surface area contributed by atoms with Gasteiger partial charge in [0, 0.05) is 42.5 Å². The number of nitrogens with zero attached hydrogens (tertiary/aromatic N) is 2. The predicted molar refractivity (Wildman–Crippen MR) is 241 cm³/mol. The van der Waals surface area contributed by atoms with Crippen molar-refractivity contribution < 1.29 is 0 Å². The van der Waals surface area contributed by atoms with Crippen LogP contribution in [0.15, 0.2) is 118 Å². The standard InChI is InChI=1S/C51H50Br2N2/c1-31-25-32(2)47(33(3)26-31)54(39-13-9-37(52)10-14-39)41-17-19-43-44-20-18-42(30-46(44)51-23-21-50(51,22-24-51)45(43)29-41)55(40-15-11-38(53)12-16-40)48-34(4)27-36(28-35(48)5)49(6,7)8/h9-20,25-30H,21-24H2,1-8H3. The molecule has 55 heavy (non-hydrogen) atoms. The van der Waals surface area contributed by atoms with E-state index in [-0.39, 0.29) is 16.2 Å². The Morgan fingerprint density at radius 3 is 1.15 bits per heavy atom. The Balaban J connectivity index is 1.21. The van der Waals surface area contributed by atoms with Crippen LogP contribution in [-0.2, 0) is 16.2 Å². The zero-order valence-corrected chi connectivity index (χ0v) is 36.5. The number of benzene rings is 6. The Labute approximate surface area is 344 Å². The second-order valence-corrected chi connectivity index (χ2v) is 19.5. The molecular weight excluding hydrogens is 800 g/mol. The molecule has 6 aromatic rings. The van der Waals surface area contributed by atoms with Crippen LogP contribution >= 0.6 is 31.9 Å². The minimum absolute atomic E-state index is 0.0829. The van der Waals surface area contributed by atoms with Crippen LogP contribution in [0, 0.1) is 34.6 Å². The Bertz CT molecular complexity index is 2450. The van der Waals surface area contributed by atoms with E-state index in [9.17, 15) is 0 Å². The highest BCUT2D eigenvalue weighted by atomic mass is 79.9. The Morgan fingerprint density at radius 2 is 0.800 bits per heavy atom. The first kappa shape index (κ1) is 36.5. The summed E-state index contributed by atoms with van der Waals surface area (Å²) >= 11 is 7.39. The largest absolute Gasteiger partial charge is 0.310 e. The fourth-order valence-corrected chi connectivity index (χ4v) is 11.2. The third-order valence-electron chi connectivity index (χ3n) is 13.3. The van der Waals surface area contributed by atoms with E-state index in [0.29, 0.717) is 0 Å². The van der Waals surface area contributed by atoms with Crippen molar-refractivity contribution in [2.75, 3.05) is 9.80 Å². The van der Waals surface area contributed by atoms with Gasteiger partial charge in [0.1, 0.15) is 0 Å². The van der Waals surface area contributed by atoms with E-state index in [0.717, 1.165) is 8.95 Å². The van der Waals surface area contributed by atoms with Gasteiger partial charge in [0.15, 0.2) is 0 Å². The lowest BCUT2D eigenvalue weighted by atomic mass is 9.32. The number of hydrogen-bond acceptors (Lipinski definition) is 2. The fraction of sp³-hybridized carbons (Fsp3) is 0.294. The van der Waals surface area contributed by atoms with E-state index in [1.165, 1.54) is 104 Å². The minimum Gasteiger partial charge on any atom is -0.310 e. The SMILES string of the molecule is Cc1cc(C)c(N(c2ccc(Br)cc2)c2ccc3c(c2)C24CCC2(CC4)c2cc(N(c4ccc(Br)cc4)c4c(C)cc(C(C)(C)C)cc4C)ccc2-3)c(C)c1. The smallest absolute Gasteiger partial charge is 0.0520 e. The molecule has 0 heterocycles. The van der Waals surface area contributed by atoms with Crippen LogP contribution in [0.1, 0.15) is 91.0 Å². The molecule has 0 aromatic heterocycles. The van der Waals surface area contributed by atoms with Crippen molar-refractivity contribution in [1.82, 2.24) is 0 Å². The molecule has 9 rings (SSSR count). The topological polar surface area (TPSA) is 6.48 Å². The zero-order valence-electron chi connectivity index (χ0n) is 33.4. The maximum absolute atomic E-state index is 3.70. The van der Waals surface area contributed by atoms with Gasteiger partial charge in [-0.15, -0.1) is 0 Å². The second kappa shape index (κ2) is 13.0. The van der Waals surface area contributed by atoms with Gasteiger partial charge in [0.25, 0.3) is 0 Å². The van der Waals surface area contributed by atoms with E-state index in [4.69, 9.17) is 0 Å². The van der Waals surface area contributed by atoms with Crippen molar-refractivity contribution in [2.24, 2.45) is 0 Å². The molecule has 2 nitrogen and oxygen atoms in total. The van der Waals surface area contributed by atoms with Crippen LogP contribution in [0.25, 0.3) is 11.1 Å². The molecule has 6 aromatic carbocycles. The fourth-order valence-electron chi connectivity index (χ4n) is 10.6. The van der Waals surface area contributed by atoms with Crippen molar-refractivity contribution in [3.63, 3.8) is 0 Å². The maximum atomic E-state index is 3.70. The lowest BCUT2D eigenvalue weighted by molar-refractivity contribution is -0.0400. The van der Waals surface area contributed by atoms with Crippen molar-refractivity contribution >= 4 is 66.0 Å². The van der Waals surface area contributed by atoms with Crippen LogP contribution in [0.2, 0.25) is 0 Å². The molecule has 2 fully saturated rings. The van der Waals surface area contributed by atoms with Gasteiger partial charge in [-0.3, -0.25) is 0 Å². The monoisotopic (exact) mass is 848 g/mol. The number of fused-ring (bicyclic) bond motifs is 3. The molecule has 0 saturated heterocycles. The van der Waals surface area contributed by atoms with Crippen molar-refractivity contribution in [2.45, 2.75) is 97.3 Å².